The summed E-state index contributed by atoms with van der Waals surface area (Å²) in [6.45, 7) is 0. The van der Waals surface area contributed by atoms with Crippen LogP contribution in [0.25, 0.3) is 0 Å². The second-order valence-corrected chi connectivity index (χ2v) is 6.56. The van der Waals surface area contributed by atoms with Gasteiger partial charge in [-0.1, -0.05) is 12.1 Å². The van der Waals surface area contributed by atoms with E-state index in [4.69, 9.17) is 0 Å². The first-order valence-electron chi connectivity index (χ1n) is 6.36. The quantitative estimate of drug-likeness (QED) is 0.807. The Bertz CT molecular complexity index is 696. The van der Waals surface area contributed by atoms with Gasteiger partial charge < -0.3 is 0 Å². The van der Waals surface area contributed by atoms with Crippen LogP contribution in [-0.4, -0.2) is 26.7 Å². The molecule has 1 aliphatic carbocycles. The maximum atomic E-state index is 13.3. The van der Waals surface area contributed by atoms with E-state index in [9.17, 15) is 21.6 Å². The highest BCUT2D eigenvalue weighted by Gasteiger charge is 2.47. The van der Waals surface area contributed by atoms with Crippen molar-refractivity contribution in [2.75, 3.05) is 4.90 Å². The lowest BCUT2D eigenvalue weighted by Crippen LogP contribution is -2.55. The number of rotatable bonds is 1. The molecule has 21 heavy (non-hydrogen) atoms. The molecule has 0 unspecified atom stereocenters. The van der Waals surface area contributed by atoms with E-state index < -0.39 is 32.9 Å². The first-order chi connectivity index (χ1) is 9.79. The zero-order valence-corrected chi connectivity index (χ0v) is 11.6. The zero-order chi connectivity index (χ0) is 15.3. The SMILES string of the molecule is O=S1(=O)NC(=NC2CCC2)N(C(F)(F)F)c2ccccc21. The van der Waals surface area contributed by atoms with Gasteiger partial charge in [-0.2, -0.15) is 0 Å². The molecule has 1 N–H and O–H groups in total. The van der Waals surface area contributed by atoms with Crippen LogP contribution < -0.4 is 9.62 Å². The molecule has 0 saturated heterocycles. The number of aliphatic imine (C=N–C) groups is 1. The Balaban J connectivity index is 2.16. The molecule has 2 aliphatic rings. The minimum absolute atomic E-state index is 0.0122. The van der Waals surface area contributed by atoms with Crippen LogP contribution in [0.3, 0.4) is 0 Å². The highest BCUT2D eigenvalue weighted by Crippen LogP contribution is 2.37. The second-order valence-electron chi connectivity index (χ2n) is 4.91. The molecule has 1 fully saturated rings. The molecule has 0 atom stereocenters. The van der Waals surface area contributed by atoms with Gasteiger partial charge in [-0.3, -0.25) is 0 Å². The van der Waals surface area contributed by atoms with Crippen LogP contribution in [0.15, 0.2) is 34.2 Å². The van der Waals surface area contributed by atoms with Crippen molar-refractivity contribution in [1.29, 1.82) is 0 Å². The first-order valence-corrected chi connectivity index (χ1v) is 7.84. The number of hydrogen-bond acceptors (Lipinski definition) is 3. The van der Waals surface area contributed by atoms with E-state index in [2.05, 4.69) is 4.99 Å². The molecule has 0 spiro atoms. The molecule has 0 radical (unpaired) electrons. The van der Waals surface area contributed by atoms with Gasteiger partial charge >= 0.3 is 6.30 Å². The summed E-state index contributed by atoms with van der Waals surface area (Å²) in [6.07, 6.45) is -2.55. The Morgan fingerprint density at radius 1 is 1.24 bits per heavy atom. The van der Waals surface area contributed by atoms with E-state index >= 15 is 0 Å². The average Bonchev–Trinajstić information content (AvgIpc) is 2.31. The molecule has 0 bridgehead atoms. The third-order valence-corrected chi connectivity index (χ3v) is 4.84. The molecule has 1 aromatic rings. The maximum Gasteiger partial charge on any atom is 0.491 e. The minimum Gasteiger partial charge on any atom is -0.249 e. The molecule has 1 aromatic carbocycles. The molecule has 1 heterocycles. The normalized spacial score (nSPS) is 23.4. The van der Waals surface area contributed by atoms with Crippen molar-refractivity contribution < 1.29 is 21.6 Å². The number of sulfonamides is 1. The number of fused-ring (bicyclic) bond motifs is 1. The van der Waals surface area contributed by atoms with E-state index in [0.717, 1.165) is 18.6 Å². The fourth-order valence-corrected chi connectivity index (χ4v) is 3.42. The standard InChI is InChI=1S/C12H12F3N3O2S/c13-12(14,15)18-9-6-1-2-7-10(9)21(19,20)17-11(18)16-8-4-3-5-8/h1-2,6-8H,3-5H2,(H,16,17). The lowest BCUT2D eigenvalue weighted by atomic mass is 9.94. The summed E-state index contributed by atoms with van der Waals surface area (Å²) in [6, 6.07) is 4.73. The molecular formula is C12H12F3N3O2S. The summed E-state index contributed by atoms with van der Waals surface area (Å²) in [5, 5.41) is 0. The van der Waals surface area contributed by atoms with Gasteiger partial charge in [0.1, 0.15) is 4.90 Å². The van der Waals surface area contributed by atoms with Crippen molar-refractivity contribution in [3.63, 3.8) is 0 Å². The van der Waals surface area contributed by atoms with Crippen molar-refractivity contribution >= 4 is 21.7 Å². The Hall–Kier alpha value is -1.77. The molecule has 1 aliphatic heterocycles. The van der Waals surface area contributed by atoms with Crippen molar-refractivity contribution in [2.45, 2.75) is 36.5 Å². The molecule has 114 valence electrons. The Morgan fingerprint density at radius 3 is 2.48 bits per heavy atom. The van der Waals surface area contributed by atoms with Crippen LogP contribution in [0, 0.1) is 0 Å². The van der Waals surface area contributed by atoms with E-state index in [1.54, 1.807) is 0 Å². The van der Waals surface area contributed by atoms with Crippen molar-refractivity contribution in [3.05, 3.63) is 24.3 Å². The highest BCUT2D eigenvalue weighted by atomic mass is 32.2. The fraction of sp³-hybridized carbons (Fsp3) is 0.417. The van der Waals surface area contributed by atoms with Crippen molar-refractivity contribution in [2.24, 2.45) is 4.99 Å². The molecule has 0 amide bonds. The van der Waals surface area contributed by atoms with Gasteiger partial charge in [0.2, 0.25) is 5.96 Å². The molecule has 1 saturated carbocycles. The molecule has 5 nitrogen and oxygen atoms in total. The monoisotopic (exact) mass is 319 g/mol. The Labute approximate surface area is 119 Å². The Kier molecular flexibility index (Phi) is 3.12. The van der Waals surface area contributed by atoms with Crippen LogP contribution in [0.2, 0.25) is 0 Å². The van der Waals surface area contributed by atoms with E-state index in [1.165, 1.54) is 12.1 Å². The molecular weight excluding hydrogens is 307 g/mol. The summed E-state index contributed by atoms with van der Waals surface area (Å²) >= 11 is 0. The lowest BCUT2D eigenvalue weighted by Gasteiger charge is -2.35. The van der Waals surface area contributed by atoms with Gasteiger partial charge in [0.05, 0.1) is 11.7 Å². The van der Waals surface area contributed by atoms with E-state index in [0.29, 0.717) is 12.8 Å². The van der Waals surface area contributed by atoms with Gasteiger partial charge in [0.15, 0.2) is 0 Å². The van der Waals surface area contributed by atoms with Crippen LogP contribution in [0.4, 0.5) is 18.9 Å². The number of benzene rings is 1. The number of alkyl halides is 3. The third kappa shape index (κ3) is 2.45. The topological polar surface area (TPSA) is 61.8 Å². The van der Waals surface area contributed by atoms with Crippen LogP contribution in [-0.2, 0) is 10.0 Å². The number of hydrogen-bond donors (Lipinski definition) is 1. The number of guanidine groups is 1. The number of para-hydroxylation sites is 1. The lowest BCUT2D eigenvalue weighted by molar-refractivity contribution is -0.119. The average molecular weight is 319 g/mol. The highest BCUT2D eigenvalue weighted by molar-refractivity contribution is 7.90. The van der Waals surface area contributed by atoms with Crippen LogP contribution >= 0.6 is 0 Å². The fourth-order valence-electron chi connectivity index (χ4n) is 2.23. The number of anilines is 1. The van der Waals surface area contributed by atoms with E-state index in [1.807, 2.05) is 4.72 Å². The van der Waals surface area contributed by atoms with Crippen LogP contribution in [0.5, 0.6) is 0 Å². The first kappa shape index (κ1) is 14.2. The van der Waals surface area contributed by atoms with Gasteiger partial charge in [-0.25, -0.2) is 23.0 Å². The van der Waals surface area contributed by atoms with Gasteiger partial charge in [0.25, 0.3) is 10.0 Å². The summed E-state index contributed by atoms with van der Waals surface area (Å²) in [5.41, 5.74) is -0.429. The second kappa shape index (κ2) is 4.62. The van der Waals surface area contributed by atoms with Crippen LogP contribution in [0.1, 0.15) is 19.3 Å². The molecule has 3 rings (SSSR count). The number of halogens is 3. The van der Waals surface area contributed by atoms with Crippen molar-refractivity contribution in [3.8, 4) is 0 Å². The predicted molar refractivity (Wildman–Crippen MR) is 70.4 cm³/mol. The minimum atomic E-state index is -4.76. The van der Waals surface area contributed by atoms with E-state index in [-0.39, 0.29) is 10.9 Å². The molecule has 9 heteroatoms. The number of nitrogens with zero attached hydrogens (tertiary/aromatic N) is 2. The largest absolute Gasteiger partial charge is 0.491 e. The molecule has 0 aromatic heterocycles. The third-order valence-electron chi connectivity index (χ3n) is 3.47. The zero-order valence-electron chi connectivity index (χ0n) is 10.8. The Morgan fingerprint density at radius 2 is 1.90 bits per heavy atom. The van der Waals surface area contributed by atoms with Gasteiger partial charge in [-0.05, 0) is 31.4 Å². The van der Waals surface area contributed by atoms with Gasteiger partial charge in [0, 0.05) is 0 Å². The van der Waals surface area contributed by atoms with Crippen molar-refractivity contribution in [1.82, 2.24) is 4.72 Å². The summed E-state index contributed by atoms with van der Waals surface area (Å²) in [7, 11) is -4.04. The smallest absolute Gasteiger partial charge is 0.249 e. The predicted octanol–water partition coefficient (Wildman–Crippen LogP) is 2.21. The maximum absolute atomic E-state index is 13.3. The number of nitrogens with one attached hydrogen (secondary N) is 1. The van der Waals surface area contributed by atoms with Gasteiger partial charge in [-0.15, -0.1) is 13.2 Å². The summed E-state index contributed by atoms with van der Waals surface area (Å²) < 4.78 is 66.0. The summed E-state index contributed by atoms with van der Waals surface area (Å²) in [4.78, 5) is 3.50. The summed E-state index contributed by atoms with van der Waals surface area (Å²) in [5.74, 6) is -0.675.